The molecule has 2 aromatic rings. The summed E-state index contributed by atoms with van der Waals surface area (Å²) < 4.78 is 6.74. The monoisotopic (exact) mass is 261 g/mol. The number of ether oxygens (including phenoxy) is 1. The third-order valence-corrected chi connectivity index (χ3v) is 3.02. The van der Waals surface area contributed by atoms with Crippen LogP contribution in [0.5, 0.6) is 0 Å². The van der Waals surface area contributed by atoms with Gasteiger partial charge in [0.15, 0.2) is 0 Å². The summed E-state index contributed by atoms with van der Waals surface area (Å²) in [5.41, 5.74) is 1.34. The van der Waals surface area contributed by atoms with Crippen molar-refractivity contribution in [1.29, 1.82) is 0 Å². The first-order chi connectivity index (χ1) is 9.03. The third kappa shape index (κ3) is 3.12. The summed E-state index contributed by atoms with van der Waals surface area (Å²) in [6, 6.07) is 5.88. The molecule has 0 fully saturated rings. The molecule has 0 atom stereocenters. The first-order valence-electron chi connectivity index (χ1n) is 6.25. The largest absolute Gasteiger partial charge is 0.469 e. The lowest BCUT2D eigenvalue weighted by Gasteiger charge is -2.21. The van der Waals surface area contributed by atoms with Gasteiger partial charge in [-0.05, 0) is 26.0 Å². The normalized spacial score (nSPS) is 11.7. The summed E-state index contributed by atoms with van der Waals surface area (Å²) in [6.07, 6.45) is 3.94. The van der Waals surface area contributed by atoms with Gasteiger partial charge in [0.25, 0.3) is 0 Å². The number of rotatable bonds is 5. The van der Waals surface area contributed by atoms with Gasteiger partial charge in [-0.1, -0.05) is 6.07 Å². The van der Waals surface area contributed by atoms with Gasteiger partial charge in [0.2, 0.25) is 0 Å². The number of nitrogens with zero attached hydrogens (tertiary/aromatic N) is 2. The van der Waals surface area contributed by atoms with Gasteiger partial charge in [0.1, 0.15) is 5.65 Å². The lowest BCUT2D eigenvalue weighted by atomic mass is 9.94. The van der Waals surface area contributed by atoms with E-state index in [0.717, 1.165) is 11.3 Å². The molecule has 0 aliphatic carbocycles. The van der Waals surface area contributed by atoms with E-state index in [-0.39, 0.29) is 5.97 Å². The van der Waals surface area contributed by atoms with E-state index < -0.39 is 5.41 Å². The van der Waals surface area contributed by atoms with E-state index in [1.165, 1.54) is 7.11 Å². The second-order valence-corrected chi connectivity index (χ2v) is 5.18. The highest BCUT2D eigenvalue weighted by Gasteiger charge is 2.28. The molecule has 102 valence electrons. The zero-order chi connectivity index (χ0) is 13.9. The van der Waals surface area contributed by atoms with Crippen molar-refractivity contribution in [3.8, 4) is 0 Å². The molecule has 2 heterocycles. The summed E-state index contributed by atoms with van der Waals surface area (Å²) in [5, 5.41) is 3.24. The van der Waals surface area contributed by atoms with Gasteiger partial charge in [-0.3, -0.25) is 4.79 Å². The molecule has 1 N–H and O–H groups in total. The minimum atomic E-state index is -0.534. The highest BCUT2D eigenvalue weighted by Crippen LogP contribution is 2.15. The molecule has 0 amide bonds. The van der Waals surface area contributed by atoms with Gasteiger partial charge >= 0.3 is 5.97 Å². The van der Waals surface area contributed by atoms with Crippen molar-refractivity contribution in [1.82, 2.24) is 14.7 Å². The number of esters is 1. The summed E-state index contributed by atoms with van der Waals surface area (Å²) in [7, 11) is 1.41. The second kappa shape index (κ2) is 5.40. The lowest BCUT2D eigenvalue weighted by Crippen LogP contribution is -2.36. The molecular formula is C14H19N3O2. The first-order valence-corrected chi connectivity index (χ1v) is 6.25. The highest BCUT2D eigenvalue weighted by molar-refractivity contribution is 5.76. The number of methoxy groups -OCH3 is 1. The molecule has 5 nitrogen and oxygen atoms in total. The van der Waals surface area contributed by atoms with Crippen molar-refractivity contribution < 1.29 is 9.53 Å². The van der Waals surface area contributed by atoms with Crippen LogP contribution in [-0.4, -0.2) is 29.0 Å². The fourth-order valence-electron chi connectivity index (χ4n) is 1.92. The van der Waals surface area contributed by atoms with Gasteiger partial charge < -0.3 is 14.5 Å². The molecule has 0 radical (unpaired) electrons. The smallest absolute Gasteiger partial charge is 0.312 e. The molecule has 0 bridgehead atoms. The zero-order valence-electron chi connectivity index (χ0n) is 11.5. The van der Waals surface area contributed by atoms with E-state index in [9.17, 15) is 4.79 Å². The van der Waals surface area contributed by atoms with Crippen molar-refractivity contribution in [2.24, 2.45) is 5.41 Å². The van der Waals surface area contributed by atoms with Crippen LogP contribution in [0.3, 0.4) is 0 Å². The third-order valence-electron chi connectivity index (χ3n) is 3.02. The van der Waals surface area contributed by atoms with E-state index in [0.29, 0.717) is 13.1 Å². The molecule has 0 aromatic carbocycles. The second-order valence-electron chi connectivity index (χ2n) is 5.18. The molecule has 0 saturated heterocycles. The number of aromatic nitrogens is 2. The Morgan fingerprint density at radius 2 is 2.26 bits per heavy atom. The van der Waals surface area contributed by atoms with E-state index in [4.69, 9.17) is 4.74 Å². The topological polar surface area (TPSA) is 55.6 Å². The van der Waals surface area contributed by atoms with Gasteiger partial charge in [0, 0.05) is 25.5 Å². The molecule has 19 heavy (non-hydrogen) atoms. The Bertz CT molecular complexity index is 542. The predicted octanol–water partition coefficient (Wildman–Crippen LogP) is 1.62. The van der Waals surface area contributed by atoms with Crippen molar-refractivity contribution in [3.63, 3.8) is 0 Å². The Balaban J connectivity index is 1.94. The molecule has 0 saturated carbocycles. The number of imidazole rings is 1. The Kier molecular flexibility index (Phi) is 3.85. The van der Waals surface area contributed by atoms with E-state index >= 15 is 0 Å². The average molecular weight is 261 g/mol. The Morgan fingerprint density at radius 3 is 2.95 bits per heavy atom. The molecule has 0 aliphatic heterocycles. The number of fused-ring (bicyclic) bond motifs is 1. The maximum absolute atomic E-state index is 11.5. The van der Waals surface area contributed by atoms with Gasteiger partial charge in [-0.25, -0.2) is 4.98 Å². The minimum Gasteiger partial charge on any atom is -0.469 e. The maximum Gasteiger partial charge on any atom is 0.312 e. The van der Waals surface area contributed by atoms with E-state index in [2.05, 4.69) is 10.3 Å². The van der Waals surface area contributed by atoms with E-state index in [1.807, 2.05) is 48.8 Å². The van der Waals surface area contributed by atoms with Crippen molar-refractivity contribution in [2.75, 3.05) is 13.7 Å². The molecule has 2 rings (SSSR count). The summed E-state index contributed by atoms with van der Waals surface area (Å²) in [4.78, 5) is 16.0. The van der Waals surface area contributed by atoms with Crippen molar-refractivity contribution in [2.45, 2.75) is 20.4 Å². The highest BCUT2D eigenvalue weighted by atomic mass is 16.5. The predicted molar refractivity (Wildman–Crippen MR) is 72.7 cm³/mol. The number of nitrogens with one attached hydrogen (secondary N) is 1. The maximum atomic E-state index is 11.5. The van der Waals surface area contributed by atoms with Gasteiger partial charge in [-0.15, -0.1) is 0 Å². The Hall–Kier alpha value is -1.88. The molecule has 5 heteroatoms. The van der Waals surface area contributed by atoms with Crippen LogP contribution in [0.4, 0.5) is 0 Å². The van der Waals surface area contributed by atoms with Crippen molar-refractivity contribution >= 4 is 11.6 Å². The SMILES string of the molecule is COC(=O)C(C)(C)CNCc1cn2ccccc2n1. The first kappa shape index (κ1) is 13.5. The lowest BCUT2D eigenvalue weighted by molar-refractivity contribution is -0.150. The van der Waals surface area contributed by atoms with Crippen LogP contribution in [-0.2, 0) is 16.1 Å². The minimum absolute atomic E-state index is 0.213. The fourth-order valence-corrected chi connectivity index (χ4v) is 1.92. The number of carbonyl (C=O) groups is 1. The van der Waals surface area contributed by atoms with Gasteiger partial charge in [0.05, 0.1) is 18.2 Å². The van der Waals surface area contributed by atoms with Crippen LogP contribution in [0.1, 0.15) is 19.5 Å². The Labute approximate surface area is 112 Å². The summed E-state index contributed by atoms with van der Waals surface area (Å²) >= 11 is 0. The number of hydrogen-bond donors (Lipinski definition) is 1. The van der Waals surface area contributed by atoms with Crippen LogP contribution < -0.4 is 5.32 Å². The van der Waals surface area contributed by atoms with Crippen LogP contribution in [0, 0.1) is 5.41 Å². The number of hydrogen-bond acceptors (Lipinski definition) is 4. The fraction of sp³-hybridized carbons (Fsp3) is 0.429. The number of carbonyl (C=O) groups excluding carboxylic acids is 1. The standard InChI is InChI=1S/C14H19N3O2/c1-14(2,13(18)19-3)10-15-8-11-9-17-7-5-4-6-12(17)16-11/h4-7,9,15H,8,10H2,1-3H3. The van der Waals surface area contributed by atoms with E-state index in [1.54, 1.807) is 0 Å². The molecule has 0 unspecified atom stereocenters. The Morgan fingerprint density at radius 1 is 1.47 bits per heavy atom. The summed E-state index contributed by atoms with van der Waals surface area (Å²) in [5.74, 6) is -0.213. The zero-order valence-corrected chi connectivity index (χ0v) is 11.5. The van der Waals surface area contributed by atoms with Gasteiger partial charge in [-0.2, -0.15) is 0 Å². The summed E-state index contributed by atoms with van der Waals surface area (Å²) in [6.45, 7) is 4.89. The molecular weight excluding hydrogens is 242 g/mol. The molecule has 0 aliphatic rings. The molecule has 2 aromatic heterocycles. The quantitative estimate of drug-likeness (QED) is 0.831. The number of pyridine rings is 1. The van der Waals surface area contributed by atoms with Crippen LogP contribution >= 0.6 is 0 Å². The molecule has 0 spiro atoms. The average Bonchev–Trinajstić information content (AvgIpc) is 2.80. The van der Waals surface area contributed by atoms with Crippen molar-refractivity contribution in [3.05, 3.63) is 36.3 Å². The van der Waals surface area contributed by atoms with Crippen LogP contribution in [0.25, 0.3) is 5.65 Å². The van der Waals surface area contributed by atoms with Crippen LogP contribution in [0.15, 0.2) is 30.6 Å². The van der Waals surface area contributed by atoms with Crippen LogP contribution in [0.2, 0.25) is 0 Å².